The first-order valence-corrected chi connectivity index (χ1v) is 10.8. The van der Waals surface area contributed by atoms with Crippen LogP contribution in [0.25, 0.3) is 44.1 Å². The normalized spacial score (nSPS) is 11.1. The van der Waals surface area contributed by atoms with Crippen LogP contribution in [0, 0.1) is 0 Å². The largest absolute Gasteiger partial charge is 0.494 e. The van der Waals surface area contributed by atoms with Crippen molar-refractivity contribution in [2.75, 3.05) is 6.61 Å². The van der Waals surface area contributed by atoms with Gasteiger partial charge in [0.25, 0.3) is 0 Å². The van der Waals surface area contributed by atoms with Gasteiger partial charge < -0.3 is 4.74 Å². The fourth-order valence-electron chi connectivity index (χ4n) is 3.90. The Balaban J connectivity index is 1.80. The van der Waals surface area contributed by atoms with Crippen molar-refractivity contribution >= 4 is 37.6 Å². The summed E-state index contributed by atoms with van der Waals surface area (Å²) in [5.74, 6) is 0.887. The number of rotatable bonds is 4. The van der Waals surface area contributed by atoms with Gasteiger partial charge in [-0.15, -0.1) is 0 Å². The second kappa shape index (κ2) is 7.92. The highest BCUT2D eigenvalue weighted by Crippen LogP contribution is 2.37. The van der Waals surface area contributed by atoms with Gasteiger partial charge in [-0.05, 0) is 65.2 Å². The molecule has 1 aromatic heterocycles. The van der Waals surface area contributed by atoms with Crippen LogP contribution in [0.3, 0.4) is 0 Å². The quantitative estimate of drug-likeness (QED) is 0.258. The summed E-state index contributed by atoms with van der Waals surface area (Å²) in [4.78, 5) is 5.02. The van der Waals surface area contributed by atoms with Crippen LogP contribution in [0.15, 0.2) is 95.5 Å². The maximum absolute atomic E-state index is 5.64. The predicted octanol–water partition coefficient (Wildman–Crippen LogP) is 7.88. The van der Waals surface area contributed by atoms with Crippen LogP contribution < -0.4 is 4.74 Å². The molecule has 0 aliphatic heterocycles. The molecule has 0 spiro atoms. The van der Waals surface area contributed by atoms with E-state index >= 15 is 0 Å². The minimum atomic E-state index is 0.663. The third kappa shape index (κ3) is 3.46. The molecule has 0 saturated carbocycles. The number of pyridine rings is 1. The predicted molar refractivity (Wildman–Crippen MR) is 129 cm³/mol. The molecule has 0 bridgehead atoms. The molecular weight excluding hydrogens is 434 g/mol. The molecule has 2 nitrogen and oxygen atoms in total. The second-order valence-corrected chi connectivity index (χ2v) is 8.12. The molecule has 0 radical (unpaired) electrons. The van der Waals surface area contributed by atoms with Gasteiger partial charge in [0.2, 0.25) is 0 Å². The first-order chi connectivity index (χ1) is 14.7. The van der Waals surface area contributed by atoms with Crippen molar-refractivity contribution in [3.05, 3.63) is 95.5 Å². The molecule has 0 aliphatic rings. The number of halogens is 1. The molecule has 0 N–H and O–H groups in total. The Morgan fingerprint density at radius 2 is 1.53 bits per heavy atom. The van der Waals surface area contributed by atoms with Gasteiger partial charge in [0.1, 0.15) is 5.75 Å². The zero-order chi connectivity index (χ0) is 20.5. The molecule has 3 heteroatoms. The number of nitrogens with zero attached hydrogens (tertiary/aromatic N) is 1. The van der Waals surface area contributed by atoms with Crippen LogP contribution in [0.4, 0.5) is 0 Å². The maximum atomic E-state index is 5.64. The fourth-order valence-corrected chi connectivity index (χ4v) is 4.17. The number of aromatic nitrogens is 1. The van der Waals surface area contributed by atoms with Crippen LogP contribution in [0.5, 0.6) is 5.75 Å². The Bertz CT molecular complexity index is 1340. The molecule has 5 rings (SSSR count). The Morgan fingerprint density at radius 3 is 2.30 bits per heavy atom. The van der Waals surface area contributed by atoms with Crippen molar-refractivity contribution < 1.29 is 4.74 Å². The van der Waals surface area contributed by atoms with Gasteiger partial charge in [-0.3, -0.25) is 0 Å². The molecule has 0 unspecified atom stereocenters. The van der Waals surface area contributed by atoms with Gasteiger partial charge in [-0.25, -0.2) is 4.98 Å². The van der Waals surface area contributed by atoms with Gasteiger partial charge >= 0.3 is 0 Å². The van der Waals surface area contributed by atoms with E-state index in [0.29, 0.717) is 6.61 Å². The van der Waals surface area contributed by atoms with Crippen LogP contribution >= 0.6 is 15.9 Å². The first kappa shape index (κ1) is 18.8. The van der Waals surface area contributed by atoms with E-state index in [1.54, 1.807) is 0 Å². The molecule has 1 heterocycles. The third-order valence-electron chi connectivity index (χ3n) is 5.31. The molecule has 5 aromatic rings. The van der Waals surface area contributed by atoms with E-state index in [2.05, 4.69) is 94.8 Å². The smallest absolute Gasteiger partial charge is 0.119 e. The number of hydrogen-bond acceptors (Lipinski definition) is 2. The standard InChI is InChI=1S/C27H20BrNO/c1-2-30-22-14-9-19(10-15-22)24-17-26(20-7-12-21(28)13-8-20)29-25-16-11-18-5-3-4-6-23(18)27(24)25/h3-17H,2H2,1H3. The molecule has 30 heavy (non-hydrogen) atoms. The highest BCUT2D eigenvalue weighted by atomic mass is 79.9. The summed E-state index contributed by atoms with van der Waals surface area (Å²) in [5.41, 5.74) is 5.39. The van der Waals surface area contributed by atoms with Crippen LogP contribution in [-0.4, -0.2) is 11.6 Å². The second-order valence-electron chi connectivity index (χ2n) is 7.20. The number of ether oxygens (including phenoxy) is 1. The molecule has 146 valence electrons. The summed E-state index contributed by atoms with van der Waals surface area (Å²) in [6, 6.07) is 31.6. The van der Waals surface area contributed by atoms with Crippen molar-refractivity contribution in [2.45, 2.75) is 6.92 Å². The monoisotopic (exact) mass is 453 g/mol. The average Bonchev–Trinajstić information content (AvgIpc) is 2.79. The Hall–Kier alpha value is -3.17. The summed E-state index contributed by atoms with van der Waals surface area (Å²) in [5, 5.41) is 3.61. The summed E-state index contributed by atoms with van der Waals surface area (Å²) < 4.78 is 6.70. The number of hydrogen-bond donors (Lipinski definition) is 0. The van der Waals surface area contributed by atoms with E-state index in [1.165, 1.54) is 21.7 Å². The van der Waals surface area contributed by atoms with E-state index in [0.717, 1.165) is 32.6 Å². The summed E-state index contributed by atoms with van der Waals surface area (Å²) >= 11 is 3.52. The lowest BCUT2D eigenvalue weighted by Gasteiger charge is -2.13. The minimum absolute atomic E-state index is 0.663. The van der Waals surface area contributed by atoms with E-state index in [1.807, 2.05) is 19.1 Å². The molecule has 0 saturated heterocycles. The van der Waals surface area contributed by atoms with Gasteiger partial charge in [0, 0.05) is 15.4 Å². The van der Waals surface area contributed by atoms with Gasteiger partial charge in [-0.1, -0.05) is 70.5 Å². The first-order valence-electron chi connectivity index (χ1n) is 10.0. The van der Waals surface area contributed by atoms with Crippen molar-refractivity contribution in [1.29, 1.82) is 0 Å². The molecular formula is C27H20BrNO. The Morgan fingerprint density at radius 1 is 0.800 bits per heavy atom. The van der Waals surface area contributed by atoms with Crippen molar-refractivity contribution in [1.82, 2.24) is 4.98 Å². The molecule has 0 aliphatic carbocycles. The summed E-state index contributed by atoms with van der Waals surface area (Å²) in [7, 11) is 0. The number of benzene rings is 4. The van der Waals surface area contributed by atoms with E-state index in [4.69, 9.17) is 9.72 Å². The summed E-state index contributed by atoms with van der Waals surface area (Å²) in [6.07, 6.45) is 0. The van der Waals surface area contributed by atoms with E-state index < -0.39 is 0 Å². The van der Waals surface area contributed by atoms with Crippen LogP contribution in [0.2, 0.25) is 0 Å². The summed E-state index contributed by atoms with van der Waals surface area (Å²) in [6.45, 7) is 2.66. The van der Waals surface area contributed by atoms with Crippen LogP contribution in [-0.2, 0) is 0 Å². The van der Waals surface area contributed by atoms with E-state index in [9.17, 15) is 0 Å². The zero-order valence-corrected chi connectivity index (χ0v) is 18.2. The van der Waals surface area contributed by atoms with Gasteiger partial charge in [-0.2, -0.15) is 0 Å². The van der Waals surface area contributed by atoms with Crippen molar-refractivity contribution in [3.63, 3.8) is 0 Å². The van der Waals surface area contributed by atoms with E-state index in [-0.39, 0.29) is 0 Å². The maximum Gasteiger partial charge on any atom is 0.119 e. The Labute approximate surface area is 184 Å². The van der Waals surface area contributed by atoms with Crippen molar-refractivity contribution in [3.8, 4) is 28.1 Å². The van der Waals surface area contributed by atoms with Gasteiger partial charge in [0.05, 0.1) is 17.8 Å². The fraction of sp³-hybridized carbons (Fsp3) is 0.0741. The third-order valence-corrected chi connectivity index (χ3v) is 5.84. The highest BCUT2D eigenvalue weighted by Gasteiger charge is 2.13. The Kier molecular flexibility index (Phi) is 4.97. The number of fused-ring (bicyclic) bond motifs is 3. The van der Waals surface area contributed by atoms with Gasteiger partial charge in [0.15, 0.2) is 0 Å². The lowest BCUT2D eigenvalue weighted by atomic mass is 9.94. The molecule has 0 atom stereocenters. The molecule has 0 fully saturated rings. The van der Waals surface area contributed by atoms with Crippen molar-refractivity contribution in [2.24, 2.45) is 0 Å². The zero-order valence-electron chi connectivity index (χ0n) is 16.6. The highest BCUT2D eigenvalue weighted by molar-refractivity contribution is 9.10. The lowest BCUT2D eigenvalue weighted by molar-refractivity contribution is 0.340. The van der Waals surface area contributed by atoms with Crippen LogP contribution in [0.1, 0.15) is 6.92 Å². The average molecular weight is 454 g/mol. The SMILES string of the molecule is CCOc1ccc(-c2cc(-c3ccc(Br)cc3)nc3ccc4ccccc4c23)cc1. The molecule has 4 aromatic carbocycles. The lowest BCUT2D eigenvalue weighted by Crippen LogP contribution is -1.93. The molecule has 0 amide bonds. The topological polar surface area (TPSA) is 22.1 Å². The minimum Gasteiger partial charge on any atom is -0.494 e.